The van der Waals surface area contributed by atoms with Crippen molar-refractivity contribution in [2.24, 2.45) is 7.05 Å². The number of carbonyl (C=O) groups is 1. The summed E-state index contributed by atoms with van der Waals surface area (Å²) in [7, 11) is 1.85. The maximum absolute atomic E-state index is 12.1. The Morgan fingerprint density at radius 2 is 1.81 bits per heavy atom. The SMILES string of the molecule is Cc1cc(C)cc(C(=O)c2cn(C)cn2)c1. The van der Waals surface area contributed by atoms with Gasteiger partial charge in [0.25, 0.3) is 0 Å². The fourth-order valence-corrected chi connectivity index (χ4v) is 1.78. The van der Waals surface area contributed by atoms with E-state index in [9.17, 15) is 4.79 Å². The lowest BCUT2D eigenvalue weighted by molar-refractivity contribution is 0.103. The second-order valence-electron chi connectivity index (χ2n) is 4.13. The number of hydrogen-bond acceptors (Lipinski definition) is 2. The molecule has 0 radical (unpaired) electrons. The molecule has 1 aromatic carbocycles. The lowest BCUT2D eigenvalue weighted by Crippen LogP contribution is -2.02. The van der Waals surface area contributed by atoms with Gasteiger partial charge in [-0.1, -0.05) is 17.2 Å². The molecule has 0 N–H and O–H groups in total. The van der Waals surface area contributed by atoms with Gasteiger partial charge in [-0.3, -0.25) is 4.79 Å². The van der Waals surface area contributed by atoms with Gasteiger partial charge in [0.05, 0.1) is 6.33 Å². The van der Waals surface area contributed by atoms with Crippen LogP contribution in [0.15, 0.2) is 30.7 Å². The quantitative estimate of drug-likeness (QED) is 0.719. The average molecular weight is 214 g/mol. The molecule has 0 amide bonds. The van der Waals surface area contributed by atoms with Crippen LogP contribution in [0.1, 0.15) is 27.2 Å². The molecule has 1 heterocycles. The molecule has 3 nitrogen and oxygen atoms in total. The highest BCUT2D eigenvalue weighted by Gasteiger charge is 2.12. The molecule has 0 aliphatic carbocycles. The minimum atomic E-state index is -0.0209. The molecule has 0 saturated heterocycles. The monoisotopic (exact) mass is 214 g/mol. The van der Waals surface area contributed by atoms with Crippen molar-refractivity contribution in [3.05, 3.63) is 53.1 Å². The summed E-state index contributed by atoms with van der Waals surface area (Å²) in [4.78, 5) is 16.2. The Morgan fingerprint density at radius 1 is 1.19 bits per heavy atom. The summed E-state index contributed by atoms with van der Waals surface area (Å²) < 4.78 is 1.77. The summed E-state index contributed by atoms with van der Waals surface area (Å²) in [6.07, 6.45) is 3.37. The standard InChI is InChI=1S/C13H14N2O/c1-9-4-10(2)6-11(5-9)13(16)12-7-15(3)8-14-12/h4-8H,1-3H3. The van der Waals surface area contributed by atoms with E-state index in [0.717, 1.165) is 11.1 Å². The third kappa shape index (κ3) is 2.03. The Balaban J connectivity index is 2.41. The van der Waals surface area contributed by atoms with Crippen LogP contribution in [-0.4, -0.2) is 15.3 Å². The van der Waals surface area contributed by atoms with E-state index < -0.39 is 0 Å². The van der Waals surface area contributed by atoms with Crippen LogP contribution < -0.4 is 0 Å². The van der Waals surface area contributed by atoms with Crippen molar-refractivity contribution >= 4 is 5.78 Å². The number of rotatable bonds is 2. The predicted molar refractivity (Wildman–Crippen MR) is 62.6 cm³/mol. The number of benzene rings is 1. The summed E-state index contributed by atoms with van der Waals surface area (Å²) in [5, 5.41) is 0. The predicted octanol–water partition coefficient (Wildman–Crippen LogP) is 2.27. The highest BCUT2D eigenvalue weighted by Crippen LogP contribution is 2.12. The van der Waals surface area contributed by atoms with Crippen LogP contribution in [-0.2, 0) is 7.05 Å². The number of nitrogens with zero attached hydrogens (tertiary/aromatic N) is 2. The molecule has 0 unspecified atom stereocenters. The van der Waals surface area contributed by atoms with Gasteiger partial charge >= 0.3 is 0 Å². The van der Waals surface area contributed by atoms with E-state index in [1.807, 2.05) is 33.0 Å². The van der Waals surface area contributed by atoms with Gasteiger partial charge in [0.15, 0.2) is 0 Å². The van der Waals surface area contributed by atoms with Crippen molar-refractivity contribution in [1.82, 2.24) is 9.55 Å². The van der Waals surface area contributed by atoms with E-state index in [0.29, 0.717) is 11.3 Å². The third-order valence-corrected chi connectivity index (χ3v) is 2.42. The van der Waals surface area contributed by atoms with E-state index in [1.165, 1.54) is 0 Å². The molecule has 82 valence electrons. The summed E-state index contributed by atoms with van der Waals surface area (Å²) >= 11 is 0. The molecular formula is C13H14N2O. The van der Waals surface area contributed by atoms with E-state index in [1.54, 1.807) is 17.1 Å². The fourth-order valence-electron chi connectivity index (χ4n) is 1.78. The van der Waals surface area contributed by atoms with Gasteiger partial charge < -0.3 is 4.57 Å². The number of aryl methyl sites for hydroxylation is 3. The highest BCUT2D eigenvalue weighted by atomic mass is 16.1. The van der Waals surface area contributed by atoms with Gasteiger partial charge in [0.2, 0.25) is 5.78 Å². The Morgan fingerprint density at radius 3 is 2.31 bits per heavy atom. The maximum atomic E-state index is 12.1. The van der Waals surface area contributed by atoms with E-state index in [4.69, 9.17) is 0 Å². The van der Waals surface area contributed by atoms with Gasteiger partial charge in [-0.2, -0.15) is 0 Å². The Hall–Kier alpha value is -1.90. The van der Waals surface area contributed by atoms with Gasteiger partial charge in [0.1, 0.15) is 5.69 Å². The van der Waals surface area contributed by atoms with Gasteiger partial charge in [-0.05, 0) is 26.0 Å². The smallest absolute Gasteiger partial charge is 0.212 e. The van der Waals surface area contributed by atoms with Crippen molar-refractivity contribution in [2.75, 3.05) is 0 Å². The van der Waals surface area contributed by atoms with Crippen LogP contribution in [0.2, 0.25) is 0 Å². The van der Waals surface area contributed by atoms with Crippen LogP contribution >= 0.6 is 0 Å². The first-order chi connectivity index (χ1) is 7.56. The normalized spacial score (nSPS) is 10.4. The maximum Gasteiger partial charge on any atom is 0.212 e. The fraction of sp³-hybridized carbons (Fsp3) is 0.231. The minimum Gasteiger partial charge on any atom is -0.340 e. The Bertz CT molecular complexity index is 520. The molecule has 1 aromatic heterocycles. The molecule has 16 heavy (non-hydrogen) atoms. The largest absolute Gasteiger partial charge is 0.340 e. The molecule has 0 spiro atoms. The first kappa shape index (κ1) is 10.6. The van der Waals surface area contributed by atoms with Crippen molar-refractivity contribution in [1.29, 1.82) is 0 Å². The Labute approximate surface area is 94.7 Å². The molecule has 0 saturated carbocycles. The zero-order chi connectivity index (χ0) is 11.7. The third-order valence-electron chi connectivity index (χ3n) is 2.42. The molecule has 0 atom stereocenters. The lowest BCUT2D eigenvalue weighted by Gasteiger charge is -2.02. The number of aromatic nitrogens is 2. The molecule has 3 heteroatoms. The van der Waals surface area contributed by atoms with Crippen LogP contribution in [0.4, 0.5) is 0 Å². The van der Waals surface area contributed by atoms with E-state index in [2.05, 4.69) is 11.1 Å². The lowest BCUT2D eigenvalue weighted by atomic mass is 10.0. The summed E-state index contributed by atoms with van der Waals surface area (Å²) in [5.41, 5.74) is 3.39. The number of imidazole rings is 1. The summed E-state index contributed by atoms with van der Waals surface area (Å²) in [6.45, 7) is 3.98. The molecule has 2 aromatic rings. The second-order valence-corrected chi connectivity index (χ2v) is 4.13. The molecule has 0 aliphatic heterocycles. The van der Waals surface area contributed by atoms with Crippen molar-refractivity contribution in [3.8, 4) is 0 Å². The number of carbonyl (C=O) groups excluding carboxylic acids is 1. The summed E-state index contributed by atoms with van der Waals surface area (Å²) in [6, 6.07) is 5.84. The van der Waals surface area contributed by atoms with Crippen LogP contribution in [0, 0.1) is 13.8 Å². The topological polar surface area (TPSA) is 34.9 Å². The molecular weight excluding hydrogens is 200 g/mol. The van der Waals surface area contributed by atoms with Gasteiger partial charge in [-0.25, -0.2) is 4.98 Å². The molecule has 0 bridgehead atoms. The zero-order valence-corrected chi connectivity index (χ0v) is 9.69. The second kappa shape index (κ2) is 3.93. The zero-order valence-electron chi connectivity index (χ0n) is 9.69. The first-order valence-electron chi connectivity index (χ1n) is 5.17. The average Bonchev–Trinajstić information content (AvgIpc) is 2.62. The Kier molecular flexibility index (Phi) is 2.60. The van der Waals surface area contributed by atoms with Gasteiger partial charge in [-0.15, -0.1) is 0 Å². The van der Waals surface area contributed by atoms with Crippen molar-refractivity contribution < 1.29 is 4.79 Å². The van der Waals surface area contributed by atoms with E-state index >= 15 is 0 Å². The van der Waals surface area contributed by atoms with Crippen molar-refractivity contribution in [2.45, 2.75) is 13.8 Å². The van der Waals surface area contributed by atoms with Crippen molar-refractivity contribution in [3.63, 3.8) is 0 Å². The highest BCUT2D eigenvalue weighted by molar-refractivity contribution is 6.07. The van der Waals surface area contributed by atoms with Crippen LogP contribution in [0.5, 0.6) is 0 Å². The molecule has 2 rings (SSSR count). The van der Waals surface area contributed by atoms with Crippen LogP contribution in [0.25, 0.3) is 0 Å². The van der Waals surface area contributed by atoms with Crippen LogP contribution in [0.3, 0.4) is 0 Å². The first-order valence-corrected chi connectivity index (χ1v) is 5.17. The number of ketones is 1. The molecule has 0 fully saturated rings. The molecule has 0 aliphatic rings. The minimum absolute atomic E-state index is 0.0209. The van der Waals surface area contributed by atoms with Gasteiger partial charge in [0, 0.05) is 18.8 Å². The van der Waals surface area contributed by atoms with E-state index in [-0.39, 0.29) is 5.78 Å². The number of hydrogen-bond donors (Lipinski definition) is 0. The summed E-state index contributed by atoms with van der Waals surface area (Å²) in [5.74, 6) is -0.0209.